The number of hydrogen-bond acceptors (Lipinski definition) is 4. The summed E-state index contributed by atoms with van der Waals surface area (Å²) in [6, 6.07) is 8.56. The number of carboxylic acid groups (broad SMARTS) is 1. The van der Waals surface area contributed by atoms with Gasteiger partial charge in [-0.2, -0.15) is 0 Å². The zero-order valence-electron chi connectivity index (χ0n) is 12.2. The van der Waals surface area contributed by atoms with E-state index in [-0.39, 0.29) is 10.7 Å². The van der Waals surface area contributed by atoms with Crippen LogP contribution >= 0.6 is 0 Å². The third-order valence-electron chi connectivity index (χ3n) is 3.24. The van der Waals surface area contributed by atoms with Crippen molar-refractivity contribution in [2.24, 2.45) is 0 Å². The fraction of sp³-hybridized carbons (Fsp3) is 0.267. The Kier molecular flexibility index (Phi) is 4.68. The van der Waals surface area contributed by atoms with Crippen molar-refractivity contribution >= 4 is 16.0 Å². The molecule has 0 amide bonds. The third kappa shape index (κ3) is 3.55. The number of benzene rings is 1. The molecule has 0 saturated carbocycles. The van der Waals surface area contributed by atoms with Crippen molar-refractivity contribution in [3.05, 3.63) is 53.3 Å². The second-order valence-electron chi connectivity index (χ2n) is 4.84. The molecule has 0 aliphatic rings. The van der Waals surface area contributed by atoms with Gasteiger partial charge in [0.05, 0.1) is 5.56 Å². The molecule has 2 aromatic rings. The molecule has 22 heavy (non-hydrogen) atoms. The highest BCUT2D eigenvalue weighted by atomic mass is 32.2. The predicted octanol–water partition coefficient (Wildman–Crippen LogP) is 2.58. The lowest BCUT2D eigenvalue weighted by molar-refractivity contribution is 0.0697. The van der Waals surface area contributed by atoms with E-state index in [1.807, 2.05) is 6.92 Å². The highest BCUT2D eigenvalue weighted by Gasteiger charge is 2.22. The number of carbonyl (C=O) groups is 1. The Labute approximate surface area is 128 Å². The summed E-state index contributed by atoms with van der Waals surface area (Å²) in [5.41, 5.74) is 0.813. The normalized spacial score (nSPS) is 13.0. The first-order valence-electron chi connectivity index (χ1n) is 6.77. The van der Waals surface area contributed by atoms with Crippen molar-refractivity contribution in [3.8, 4) is 0 Å². The van der Waals surface area contributed by atoms with E-state index >= 15 is 0 Å². The fourth-order valence-corrected chi connectivity index (χ4v) is 3.15. The Morgan fingerprint density at radius 2 is 1.86 bits per heavy atom. The SMILES string of the molecule is CCc1ccc(S(=O)(=O)N[C@@H](C)c2ccc(C(=O)O)cc2)o1. The topological polar surface area (TPSA) is 96.6 Å². The van der Waals surface area contributed by atoms with Crippen LogP contribution in [0.2, 0.25) is 0 Å². The van der Waals surface area contributed by atoms with E-state index in [0.717, 1.165) is 0 Å². The first-order chi connectivity index (χ1) is 10.3. The van der Waals surface area contributed by atoms with Gasteiger partial charge in [0, 0.05) is 12.5 Å². The standard InChI is InChI=1S/C15H17NO5S/c1-3-13-8-9-14(21-13)22(19,20)16-10(2)11-4-6-12(7-5-11)15(17)18/h4-10,16H,3H2,1-2H3,(H,17,18)/t10-/m0/s1. The minimum atomic E-state index is -3.76. The minimum absolute atomic E-state index is 0.127. The summed E-state index contributed by atoms with van der Waals surface area (Å²) < 4.78 is 32.2. The van der Waals surface area contributed by atoms with Gasteiger partial charge in [-0.3, -0.25) is 0 Å². The van der Waals surface area contributed by atoms with Gasteiger partial charge in [0.15, 0.2) is 0 Å². The molecule has 0 fully saturated rings. The van der Waals surface area contributed by atoms with Gasteiger partial charge < -0.3 is 9.52 Å². The zero-order valence-corrected chi connectivity index (χ0v) is 13.1. The maximum atomic E-state index is 12.2. The number of rotatable bonds is 6. The van der Waals surface area contributed by atoms with Gasteiger partial charge in [-0.25, -0.2) is 17.9 Å². The molecular formula is C15H17NO5S. The number of carboxylic acids is 1. The van der Waals surface area contributed by atoms with Crippen LogP contribution in [0.15, 0.2) is 45.9 Å². The first-order valence-corrected chi connectivity index (χ1v) is 8.26. The lowest BCUT2D eigenvalue weighted by atomic mass is 10.1. The van der Waals surface area contributed by atoms with Gasteiger partial charge in [-0.05, 0) is 36.8 Å². The van der Waals surface area contributed by atoms with Crippen LogP contribution in [-0.4, -0.2) is 19.5 Å². The Morgan fingerprint density at radius 1 is 1.23 bits per heavy atom. The quantitative estimate of drug-likeness (QED) is 0.851. The molecule has 6 nitrogen and oxygen atoms in total. The van der Waals surface area contributed by atoms with Crippen molar-refractivity contribution in [3.63, 3.8) is 0 Å². The number of aryl methyl sites for hydroxylation is 1. The molecule has 0 saturated heterocycles. The van der Waals surface area contributed by atoms with Gasteiger partial charge in [0.25, 0.3) is 10.0 Å². The molecule has 1 atom stereocenters. The van der Waals surface area contributed by atoms with Crippen LogP contribution in [0, 0.1) is 0 Å². The van der Waals surface area contributed by atoms with Crippen molar-refractivity contribution in [2.45, 2.75) is 31.4 Å². The molecule has 1 heterocycles. The molecule has 0 unspecified atom stereocenters. The lowest BCUT2D eigenvalue weighted by Crippen LogP contribution is -2.26. The van der Waals surface area contributed by atoms with Crippen molar-refractivity contribution < 1.29 is 22.7 Å². The van der Waals surface area contributed by atoms with Crippen molar-refractivity contribution in [2.75, 3.05) is 0 Å². The smallest absolute Gasteiger partial charge is 0.335 e. The molecular weight excluding hydrogens is 306 g/mol. The number of aromatic carboxylic acids is 1. The van der Waals surface area contributed by atoms with Gasteiger partial charge in [0.1, 0.15) is 5.76 Å². The number of hydrogen-bond donors (Lipinski definition) is 2. The third-order valence-corrected chi connectivity index (χ3v) is 4.65. The number of nitrogens with one attached hydrogen (secondary N) is 1. The summed E-state index contributed by atoms with van der Waals surface area (Å²) in [6.07, 6.45) is 0.613. The highest BCUT2D eigenvalue weighted by molar-refractivity contribution is 7.89. The molecule has 118 valence electrons. The predicted molar refractivity (Wildman–Crippen MR) is 80.2 cm³/mol. The summed E-state index contributed by atoms with van der Waals surface area (Å²) in [6.45, 7) is 3.55. The molecule has 2 rings (SSSR count). The van der Waals surface area contributed by atoms with Crippen LogP contribution in [0.1, 0.15) is 41.6 Å². The summed E-state index contributed by atoms with van der Waals surface area (Å²) in [5.74, 6) is -0.429. The molecule has 2 N–H and O–H groups in total. The maximum absolute atomic E-state index is 12.2. The largest absolute Gasteiger partial charge is 0.478 e. The average Bonchev–Trinajstić information content (AvgIpc) is 2.96. The highest BCUT2D eigenvalue weighted by Crippen LogP contribution is 2.19. The van der Waals surface area contributed by atoms with Gasteiger partial charge >= 0.3 is 5.97 Å². The maximum Gasteiger partial charge on any atom is 0.335 e. The van der Waals surface area contributed by atoms with Gasteiger partial charge in [-0.1, -0.05) is 19.1 Å². The number of sulfonamides is 1. The van der Waals surface area contributed by atoms with Crippen LogP contribution in [-0.2, 0) is 16.4 Å². The Balaban J connectivity index is 2.16. The summed E-state index contributed by atoms with van der Waals surface area (Å²) in [4.78, 5) is 10.8. The molecule has 1 aromatic heterocycles. The van der Waals surface area contributed by atoms with E-state index in [1.54, 1.807) is 25.1 Å². The first kappa shape index (κ1) is 16.3. The molecule has 1 aromatic carbocycles. The minimum Gasteiger partial charge on any atom is -0.478 e. The van der Waals surface area contributed by atoms with Crippen molar-refractivity contribution in [1.82, 2.24) is 4.72 Å². The summed E-state index contributed by atoms with van der Waals surface area (Å²) >= 11 is 0. The molecule has 0 spiro atoms. The zero-order chi connectivity index (χ0) is 16.3. The second kappa shape index (κ2) is 6.33. The van der Waals surface area contributed by atoms with Crippen LogP contribution in [0.5, 0.6) is 0 Å². The molecule has 0 bridgehead atoms. The summed E-state index contributed by atoms with van der Waals surface area (Å²) in [7, 11) is -3.76. The van der Waals surface area contributed by atoms with Gasteiger partial charge in [0.2, 0.25) is 5.09 Å². The average molecular weight is 323 g/mol. The Morgan fingerprint density at radius 3 is 2.36 bits per heavy atom. The molecule has 0 aliphatic carbocycles. The van der Waals surface area contributed by atoms with Crippen LogP contribution < -0.4 is 4.72 Å². The molecule has 0 radical (unpaired) electrons. The van der Waals surface area contributed by atoms with E-state index in [2.05, 4.69) is 4.72 Å². The number of furan rings is 1. The van der Waals surface area contributed by atoms with E-state index < -0.39 is 22.0 Å². The van der Waals surface area contributed by atoms with Crippen LogP contribution in [0.3, 0.4) is 0 Å². The van der Waals surface area contributed by atoms with E-state index in [4.69, 9.17) is 9.52 Å². The van der Waals surface area contributed by atoms with Gasteiger partial charge in [-0.15, -0.1) is 0 Å². The Hall–Kier alpha value is -2.12. The van der Waals surface area contributed by atoms with E-state index in [0.29, 0.717) is 17.7 Å². The van der Waals surface area contributed by atoms with Crippen LogP contribution in [0.25, 0.3) is 0 Å². The monoisotopic (exact) mass is 323 g/mol. The second-order valence-corrected chi connectivity index (χ2v) is 6.49. The van der Waals surface area contributed by atoms with E-state index in [9.17, 15) is 13.2 Å². The molecule has 7 heteroatoms. The Bertz CT molecular complexity index is 761. The van der Waals surface area contributed by atoms with E-state index in [1.165, 1.54) is 18.2 Å². The molecule has 0 aliphatic heterocycles. The lowest BCUT2D eigenvalue weighted by Gasteiger charge is -2.13. The summed E-state index contributed by atoms with van der Waals surface area (Å²) in [5, 5.41) is 8.72. The fourth-order valence-electron chi connectivity index (χ4n) is 1.97. The van der Waals surface area contributed by atoms with Crippen LogP contribution in [0.4, 0.5) is 0 Å². The van der Waals surface area contributed by atoms with Crippen molar-refractivity contribution in [1.29, 1.82) is 0 Å².